The van der Waals surface area contributed by atoms with E-state index < -0.39 is 5.97 Å². The molecule has 2 amide bonds. The number of carbonyl (C=O) groups is 3. The largest absolute Gasteiger partial charge is 0.481 e. The van der Waals surface area contributed by atoms with Gasteiger partial charge in [0.15, 0.2) is 0 Å². The maximum absolute atomic E-state index is 12.5. The Balaban J connectivity index is 1.87. The fourth-order valence-electron chi connectivity index (χ4n) is 2.97. The summed E-state index contributed by atoms with van der Waals surface area (Å²) >= 11 is 0. The number of hydrogen-bond donors (Lipinski definition) is 1. The Morgan fingerprint density at radius 3 is 2.33 bits per heavy atom. The van der Waals surface area contributed by atoms with E-state index in [1.54, 1.807) is 11.9 Å². The molecular formula is C18H24N2O4. The molecule has 0 saturated carbocycles. The quantitative estimate of drug-likeness (QED) is 0.888. The SMILES string of the molecule is C[C@H](C(=O)N(C)CC(=O)N1CCC(C(=O)O)CC1)c1ccccc1. The maximum Gasteiger partial charge on any atom is 0.306 e. The number of piperidine rings is 1. The van der Waals surface area contributed by atoms with Gasteiger partial charge in [0.25, 0.3) is 0 Å². The first-order chi connectivity index (χ1) is 11.4. The Kier molecular flexibility index (Phi) is 5.95. The number of carboxylic acid groups (broad SMARTS) is 1. The maximum atomic E-state index is 12.5. The van der Waals surface area contributed by atoms with Crippen LogP contribution in [-0.4, -0.2) is 59.4 Å². The minimum atomic E-state index is -0.800. The van der Waals surface area contributed by atoms with E-state index in [0.717, 1.165) is 5.56 Å². The molecule has 2 rings (SSSR count). The molecule has 1 aromatic carbocycles. The van der Waals surface area contributed by atoms with Crippen molar-refractivity contribution in [2.75, 3.05) is 26.7 Å². The molecule has 0 bridgehead atoms. The average Bonchev–Trinajstić information content (AvgIpc) is 2.61. The van der Waals surface area contributed by atoms with Gasteiger partial charge in [0.05, 0.1) is 18.4 Å². The molecule has 1 N–H and O–H groups in total. The van der Waals surface area contributed by atoms with Crippen molar-refractivity contribution >= 4 is 17.8 Å². The fourth-order valence-corrected chi connectivity index (χ4v) is 2.97. The molecule has 1 saturated heterocycles. The Hall–Kier alpha value is -2.37. The number of carboxylic acids is 1. The van der Waals surface area contributed by atoms with E-state index in [2.05, 4.69) is 0 Å². The summed E-state index contributed by atoms with van der Waals surface area (Å²) in [7, 11) is 1.63. The smallest absolute Gasteiger partial charge is 0.306 e. The molecule has 0 unspecified atom stereocenters. The number of hydrogen-bond acceptors (Lipinski definition) is 3. The van der Waals surface area contributed by atoms with Gasteiger partial charge in [-0.05, 0) is 25.3 Å². The van der Waals surface area contributed by atoms with Crippen LogP contribution in [0.25, 0.3) is 0 Å². The number of carbonyl (C=O) groups excluding carboxylic acids is 2. The highest BCUT2D eigenvalue weighted by molar-refractivity contribution is 5.88. The molecule has 1 aliphatic rings. The number of rotatable bonds is 5. The zero-order valence-corrected chi connectivity index (χ0v) is 14.1. The minimum Gasteiger partial charge on any atom is -0.481 e. The van der Waals surface area contributed by atoms with Gasteiger partial charge in [0.1, 0.15) is 0 Å². The van der Waals surface area contributed by atoms with Crippen LogP contribution in [0.2, 0.25) is 0 Å². The molecule has 0 spiro atoms. The van der Waals surface area contributed by atoms with Gasteiger partial charge in [0, 0.05) is 20.1 Å². The van der Waals surface area contributed by atoms with Crippen LogP contribution < -0.4 is 0 Å². The van der Waals surface area contributed by atoms with Crippen molar-refractivity contribution in [1.82, 2.24) is 9.80 Å². The van der Waals surface area contributed by atoms with E-state index in [1.807, 2.05) is 37.3 Å². The van der Waals surface area contributed by atoms with Crippen molar-refractivity contribution in [2.45, 2.75) is 25.7 Å². The van der Waals surface area contributed by atoms with E-state index in [9.17, 15) is 14.4 Å². The van der Waals surface area contributed by atoms with Gasteiger partial charge >= 0.3 is 5.97 Å². The summed E-state index contributed by atoms with van der Waals surface area (Å²) in [5.74, 6) is -1.70. The normalized spacial score (nSPS) is 16.5. The van der Waals surface area contributed by atoms with Crippen LogP contribution >= 0.6 is 0 Å². The second kappa shape index (κ2) is 7.95. The molecule has 1 fully saturated rings. The predicted molar refractivity (Wildman–Crippen MR) is 89.4 cm³/mol. The summed E-state index contributed by atoms with van der Waals surface area (Å²) in [5, 5.41) is 8.99. The topological polar surface area (TPSA) is 77.9 Å². The van der Waals surface area contributed by atoms with Crippen molar-refractivity contribution in [3.63, 3.8) is 0 Å². The summed E-state index contributed by atoms with van der Waals surface area (Å²) in [6, 6.07) is 9.46. The summed E-state index contributed by atoms with van der Waals surface area (Å²) in [6.45, 7) is 2.73. The lowest BCUT2D eigenvalue weighted by Crippen LogP contribution is -2.46. The molecule has 0 aromatic heterocycles. The molecule has 0 aliphatic carbocycles. The highest BCUT2D eigenvalue weighted by Crippen LogP contribution is 2.19. The second-order valence-electron chi connectivity index (χ2n) is 6.32. The first-order valence-corrected chi connectivity index (χ1v) is 8.20. The van der Waals surface area contributed by atoms with Crippen LogP contribution in [0.5, 0.6) is 0 Å². The zero-order chi connectivity index (χ0) is 17.7. The molecule has 24 heavy (non-hydrogen) atoms. The molecule has 6 heteroatoms. The lowest BCUT2D eigenvalue weighted by molar-refractivity contribution is -0.146. The van der Waals surface area contributed by atoms with Gasteiger partial charge in [-0.15, -0.1) is 0 Å². The summed E-state index contributed by atoms with van der Waals surface area (Å²) < 4.78 is 0. The third-order valence-electron chi connectivity index (χ3n) is 4.62. The first-order valence-electron chi connectivity index (χ1n) is 8.20. The van der Waals surface area contributed by atoms with E-state index in [-0.39, 0.29) is 30.2 Å². The number of likely N-dealkylation sites (N-methyl/N-ethyl adjacent to an activating group) is 1. The van der Waals surface area contributed by atoms with Gasteiger partial charge in [0.2, 0.25) is 11.8 Å². The lowest BCUT2D eigenvalue weighted by atomic mass is 9.97. The van der Waals surface area contributed by atoms with Gasteiger partial charge < -0.3 is 14.9 Å². The van der Waals surface area contributed by atoms with Gasteiger partial charge in [-0.1, -0.05) is 30.3 Å². The Morgan fingerprint density at radius 2 is 1.79 bits per heavy atom. The van der Waals surface area contributed by atoms with Gasteiger partial charge in [-0.2, -0.15) is 0 Å². The van der Waals surface area contributed by atoms with Crippen LogP contribution in [0.3, 0.4) is 0 Å². The molecular weight excluding hydrogens is 308 g/mol. The monoisotopic (exact) mass is 332 g/mol. The van der Waals surface area contributed by atoms with E-state index >= 15 is 0 Å². The van der Waals surface area contributed by atoms with Crippen molar-refractivity contribution in [2.24, 2.45) is 5.92 Å². The first kappa shape index (κ1) is 18.0. The van der Waals surface area contributed by atoms with Crippen molar-refractivity contribution in [3.8, 4) is 0 Å². The molecule has 1 aromatic rings. The van der Waals surface area contributed by atoms with Crippen LogP contribution in [-0.2, 0) is 14.4 Å². The third-order valence-corrected chi connectivity index (χ3v) is 4.62. The summed E-state index contributed by atoms with van der Waals surface area (Å²) in [6.07, 6.45) is 0.943. The zero-order valence-electron chi connectivity index (χ0n) is 14.1. The number of aliphatic carboxylic acids is 1. The van der Waals surface area contributed by atoms with Crippen LogP contribution in [0.1, 0.15) is 31.2 Å². The molecule has 0 radical (unpaired) electrons. The average molecular weight is 332 g/mol. The molecule has 6 nitrogen and oxygen atoms in total. The van der Waals surface area contributed by atoms with Crippen LogP contribution in [0.4, 0.5) is 0 Å². The Bertz CT molecular complexity index is 594. The Morgan fingerprint density at radius 1 is 1.21 bits per heavy atom. The number of likely N-dealkylation sites (tertiary alicyclic amines) is 1. The third kappa shape index (κ3) is 4.34. The highest BCUT2D eigenvalue weighted by Gasteiger charge is 2.28. The summed E-state index contributed by atoms with van der Waals surface area (Å²) in [4.78, 5) is 38.9. The van der Waals surface area contributed by atoms with Gasteiger partial charge in [-0.3, -0.25) is 14.4 Å². The number of amides is 2. The second-order valence-corrected chi connectivity index (χ2v) is 6.32. The molecule has 130 valence electrons. The van der Waals surface area contributed by atoms with E-state index in [4.69, 9.17) is 5.11 Å². The lowest BCUT2D eigenvalue weighted by Gasteiger charge is -2.32. The van der Waals surface area contributed by atoms with E-state index in [0.29, 0.717) is 25.9 Å². The fraction of sp³-hybridized carbons (Fsp3) is 0.500. The molecule has 1 heterocycles. The van der Waals surface area contributed by atoms with Crippen molar-refractivity contribution < 1.29 is 19.5 Å². The minimum absolute atomic E-state index is 0.0216. The van der Waals surface area contributed by atoms with Gasteiger partial charge in [-0.25, -0.2) is 0 Å². The summed E-state index contributed by atoms with van der Waals surface area (Å²) in [5.41, 5.74) is 0.920. The number of benzene rings is 1. The molecule has 1 atom stereocenters. The van der Waals surface area contributed by atoms with Crippen molar-refractivity contribution in [1.29, 1.82) is 0 Å². The van der Waals surface area contributed by atoms with E-state index in [1.165, 1.54) is 4.90 Å². The van der Waals surface area contributed by atoms with Crippen LogP contribution in [0.15, 0.2) is 30.3 Å². The standard InChI is InChI=1S/C18H24N2O4/c1-13(14-6-4-3-5-7-14)17(22)19(2)12-16(21)20-10-8-15(9-11-20)18(23)24/h3-7,13,15H,8-12H2,1-2H3,(H,23,24)/t13-/m0/s1. The predicted octanol–water partition coefficient (Wildman–Crippen LogP) is 1.57. The Labute approximate surface area is 142 Å². The van der Waals surface area contributed by atoms with Crippen LogP contribution in [0, 0.1) is 5.92 Å². The van der Waals surface area contributed by atoms with Crippen molar-refractivity contribution in [3.05, 3.63) is 35.9 Å². The molecule has 1 aliphatic heterocycles. The highest BCUT2D eigenvalue weighted by atomic mass is 16.4. The number of nitrogens with zero attached hydrogens (tertiary/aromatic N) is 2.